The van der Waals surface area contributed by atoms with Gasteiger partial charge < -0.3 is 9.84 Å². The first-order valence-electron chi connectivity index (χ1n) is 9.35. The lowest BCUT2D eigenvalue weighted by Crippen LogP contribution is -2.04. The molecule has 0 aliphatic rings. The second-order valence-electron chi connectivity index (χ2n) is 6.92. The van der Waals surface area contributed by atoms with Gasteiger partial charge in [0.15, 0.2) is 9.84 Å². The number of hydrogen-bond acceptors (Lipinski definition) is 5. The molecule has 0 fully saturated rings. The van der Waals surface area contributed by atoms with Crippen molar-refractivity contribution in [1.29, 1.82) is 0 Å². The maximum atomic E-state index is 13.0. The van der Waals surface area contributed by atoms with Gasteiger partial charge in [0.2, 0.25) is 0 Å². The molecule has 31 heavy (non-hydrogen) atoms. The highest BCUT2D eigenvalue weighted by molar-refractivity contribution is 7.90. The number of H-pyrrole nitrogens is 1. The van der Waals surface area contributed by atoms with Crippen molar-refractivity contribution in [3.8, 4) is 22.4 Å². The summed E-state index contributed by atoms with van der Waals surface area (Å²) in [6.07, 6.45) is -2.90. The molecule has 0 bridgehead atoms. The number of aromatic amines is 1. The SMILES string of the molecule is CS(=O)(=O)c1ccc(-c2[nH]nc(COCCCO)c2-c2ccc(C(F)(F)F)cc2)cc1. The average Bonchev–Trinajstić information content (AvgIpc) is 3.14. The van der Waals surface area contributed by atoms with E-state index in [0.29, 0.717) is 41.1 Å². The van der Waals surface area contributed by atoms with Crippen LogP contribution in [0.15, 0.2) is 53.4 Å². The largest absolute Gasteiger partial charge is 0.416 e. The van der Waals surface area contributed by atoms with Crippen molar-refractivity contribution in [1.82, 2.24) is 10.2 Å². The van der Waals surface area contributed by atoms with E-state index in [1.807, 2.05) is 0 Å². The molecule has 2 N–H and O–H groups in total. The molecule has 0 aliphatic heterocycles. The Labute approximate surface area is 177 Å². The smallest absolute Gasteiger partial charge is 0.396 e. The summed E-state index contributed by atoms with van der Waals surface area (Å²) >= 11 is 0. The number of sulfone groups is 1. The maximum absolute atomic E-state index is 13.0. The normalized spacial score (nSPS) is 12.3. The van der Waals surface area contributed by atoms with Crippen molar-refractivity contribution in [2.24, 2.45) is 0 Å². The van der Waals surface area contributed by atoms with Gasteiger partial charge in [0.05, 0.1) is 28.5 Å². The van der Waals surface area contributed by atoms with Gasteiger partial charge in [-0.3, -0.25) is 5.10 Å². The lowest BCUT2D eigenvalue weighted by molar-refractivity contribution is -0.137. The Kier molecular flexibility index (Phi) is 6.83. The number of rotatable bonds is 8. The Balaban J connectivity index is 2.02. The van der Waals surface area contributed by atoms with Crippen molar-refractivity contribution in [3.63, 3.8) is 0 Å². The van der Waals surface area contributed by atoms with Crippen LogP contribution in [0.4, 0.5) is 13.2 Å². The standard InChI is InChI=1S/C21H21F3N2O4S/c1-31(28,29)17-9-5-15(6-10-17)20-19(18(25-26-20)13-30-12-2-11-27)14-3-7-16(8-4-14)21(22,23)24/h3-10,27H,2,11-13H2,1H3,(H,25,26). The van der Waals surface area contributed by atoms with Gasteiger partial charge >= 0.3 is 6.18 Å². The summed E-state index contributed by atoms with van der Waals surface area (Å²) in [6.45, 7) is 0.368. The monoisotopic (exact) mass is 454 g/mol. The molecule has 0 spiro atoms. The fourth-order valence-corrected chi connectivity index (χ4v) is 3.66. The molecule has 0 radical (unpaired) electrons. The minimum absolute atomic E-state index is 0.0235. The quantitative estimate of drug-likeness (QED) is 0.501. The molecule has 2 aromatic carbocycles. The van der Waals surface area contributed by atoms with Crippen LogP contribution in [0.25, 0.3) is 22.4 Å². The number of alkyl halides is 3. The summed E-state index contributed by atoms with van der Waals surface area (Å²) in [5.74, 6) is 0. The van der Waals surface area contributed by atoms with E-state index in [4.69, 9.17) is 9.84 Å². The highest BCUT2D eigenvalue weighted by Crippen LogP contribution is 2.36. The third-order valence-electron chi connectivity index (χ3n) is 4.60. The molecule has 10 heteroatoms. The van der Waals surface area contributed by atoms with Crippen LogP contribution in [-0.2, 0) is 27.4 Å². The van der Waals surface area contributed by atoms with Crippen molar-refractivity contribution in [3.05, 3.63) is 59.8 Å². The van der Waals surface area contributed by atoms with E-state index in [1.54, 1.807) is 12.1 Å². The molecule has 0 unspecified atom stereocenters. The van der Waals surface area contributed by atoms with Crippen molar-refractivity contribution in [2.75, 3.05) is 19.5 Å². The molecule has 0 saturated heterocycles. The predicted octanol–water partition coefficient (Wildman–Crippen LogP) is 4.07. The summed E-state index contributed by atoms with van der Waals surface area (Å²) < 4.78 is 67.8. The fourth-order valence-electron chi connectivity index (χ4n) is 3.03. The van der Waals surface area contributed by atoms with Crippen molar-refractivity contribution < 1.29 is 31.4 Å². The lowest BCUT2D eigenvalue weighted by atomic mass is 9.98. The zero-order valence-electron chi connectivity index (χ0n) is 16.6. The van der Waals surface area contributed by atoms with Crippen LogP contribution >= 0.6 is 0 Å². The molecule has 0 amide bonds. The first kappa shape index (κ1) is 23.0. The molecule has 0 saturated carbocycles. The zero-order chi connectivity index (χ0) is 22.6. The number of aromatic nitrogens is 2. The van der Waals surface area contributed by atoms with Gasteiger partial charge in [0.25, 0.3) is 0 Å². The van der Waals surface area contributed by atoms with E-state index in [-0.39, 0.29) is 18.1 Å². The third-order valence-corrected chi connectivity index (χ3v) is 5.73. The van der Waals surface area contributed by atoms with Crippen LogP contribution in [0.1, 0.15) is 17.7 Å². The molecular formula is C21H21F3N2O4S. The number of nitrogens with zero attached hydrogens (tertiary/aromatic N) is 1. The lowest BCUT2D eigenvalue weighted by Gasteiger charge is -2.10. The Hall–Kier alpha value is -2.69. The number of hydrogen-bond donors (Lipinski definition) is 2. The van der Waals surface area contributed by atoms with Gasteiger partial charge in [-0.2, -0.15) is 18.3 Å². The summed E-state index contributed by atoms with van der Waals surface area (Å²) in [5, 5.41) is 16.0. The van der Waals surface area contributed by atoms with Gasteiger partial charge in [-0.1, -0.05) is 24.3 Å². The average molecular weight is 454 g/mol. The zero-order valence-corrected chi connectivity index (χ0v) is 17.4. The topological polar surface area (TPSA) is 92.3 Å². The molecule has 0 atom stereocenters. The van der Waals surface area contributed by atoms with Gasteiger partial charge in [0, 0.05) is 30.6 Å². The number of ether oxygens (including phenoxy) is 1. The van der Waals surface area contributed by atoms with E-state index in [9.17, 15) is 21.6 Å². The summed E-state index contributed by atoms with van der Waals surface area (Å²) in [5.41, 5.74) is 1.94. The van der Waals surface area contributed by atoms with Crippen LogP contribution < -0.4 is 0 Å². The van der Waals surface area contributed by atoms with Gasteiger partial charge in [0.1, 0.15) is 0 Å². The Morgan fingerprint density at radius 2 is 1.65 bits per heavy atom. The van der Waals surface area contributed by atoms with Crippen LogP contribution in [0.5, 0.6) is 0 Å². The summed E-state index contributed by atoms with van der Waals surface area (Å²) in [7, 11) is -3.37. The minimum atomic E-state index is -4.45. The summed E-state index contributed by atoms with van der Waals surface area (Å²) in [6, 6.07) is 10.8. The first-order chi connectivity index (χ1) is 14.6. The molecule has 3 rings (SSSR count). The van der Waals surface area contributed by atoms with E-state index in [0.717, 1.165) is 18.4 Å². The highest BCUT2D eigenvalue weighted by Gasteiger charge is 2.30. The van der Waals surface area contributed by atoms with E-state index in [2.05, 4.69) is 10.2 Å². The summed E-state index contributed by atoms with van der Waals surface area (Å²) in [4.78, 5) is 0.152. The Bertz CT molecular complexity index is 1120. The molecule has 6 nitrogen and oxygen atoms in total. The third kappa shape index (κ3) is 5.52. The van der Waals surface area contributed by atoms with Crippen LogP contribution in [0.2, 0.25) is 0 Å². The maximum Gasteiger partial charge on any atom is 0.416 e. The van der Waals surface area contributed by atoms with Crippen LogP contribution in [0.3, 0.4) is 0 Å². The number of benzene rings is 2. The van der Waals surface area contributed by atoms with E-state index < -0.39 is 21.6 Å². The number of nitrogens with one attached hydrogen (secondary N) is 1. The van der Waals surface area contributed by atoms with E-state index in [1.165, 1.54) is 24.3 Å². The second-order valence-corrected chi connectivity index (χ2v) is 8.94. The Morgan fingerprint density at radius 1 is 1.03 bits per heavy atom. The van der Waals surface area contributed by atoms with Gasteiger partial charge in [-0.15, -0.1) is 0 Å². The molecule has 0 aliphatic carbocycles. The molecule has 1 heterocycles. The number of halogens is 3. The number of aliphatic hydroxyl groups is 1. The predicted molar refractivity (Wildman–Crippen MR) is 109 cm³/mol. The van der Waals surface area contributed by atoms with Crippen LogP contribution in [-0.4, -0.2) is 43.2 Å². The number of aliphatic hydroxyl groups excluding tert-OH is 1. The van der Waals surface area contributed by atoms with Crippen molar-refractivity contribution >= 4 is 9.84 Å². The second kappa shape index (κ2) is 9.21. The van der Waals surface area contributed by atoms with E-state index >= 15 is 0 Å². The van der Waals surface area contributed by atoms with Gasteiger partial charge in [-0.25, -0.2) is 8.42 Å². The molecule has 166 valence electrons. The fraction of sp³-hybridized carbons (Fsp3) is 0.286. The van der Waals surface area contributed by atoms with Crippen molar-refractivity contribution in [2.45, 2.75) is 24.1 Å². The first-order valence-corrected chi connectivity index (χ1v) is 11.2. The van der Waals surface area contributed by atoms with Gasteiger partial charge in [-0.05, 0) is 36.2 Å². The Morgan fingerprint density at radius 3 is 2.19 bits per heavy atom. The van der Waals surface area contributed by atoms with Crippen LogP contribution in [0, 0.1) is 0 Å². The minimum Gasteiger partial charge on any atom is -0.396 e. The molecule has 1 aromatic heterocycles. The molecular weight excluding hydrogens is 433 g/mol. The highest BCUT2D eigenvalue weighted by atomic mass is 32.2. The molecule has 3 aromatic rings.